The molecule has 0 N–H and O–H groups in total. The third kappa shape index (κ3) is 4.10. The fourth-order valence-corrected chi connectivity index (χ4v) is 2.71. The number of hydrogen-bond donors (Lipinski definition) is 0. The first-order valence-corrected chi connectivity index (χ1v) is 8.29. The Balaban J connectivity index is 1.99. The number of ether oxygens (including phenoxy) is 3. The van der Waals surface area contributed by atoms with Crippen molar-refractivity contribution in [2.75, 3.05) is 13.9 Å². The minimum atomic E-state index is 0.125. The molecule has 0 bridgehead atoms. The van der Waals surface area contributed by atoms with E-state index in [1.807, 2.05) is 66.7 Å². The molecule has 132 valence electrons. The summed E-state index contributed by atoms with van der Waals surface area (Å²) in [6.07, 6.45) is 0.831. The lowest BCUT2D eigenvalue weighted by Gasteiger charge is -2.16. The number of carbonyl (C=O) groups is 1. The maximum atomic E-state index is 11.6. The number of methoxy groups -OCH3 is 1. The summed E-state index contributed by atoms with van der Waals surface area (Å²) in [5.74, 6) is 1.26. The first-order valence-electron chi connectivity index (χ1n) is 8.29. The first-order chi connectivity index (χ1) is 12.8. The van der Waals surface area contributed by atoms with E-state index in [-0.39, 0.29) is 6.79 Å². The van der Waals surface area contributed by atoms with Crippen LogP contribution in [-0.2, 0) is 11.3 Å². The summed E-state index contributed by atoms with van der Waals surface area (Å²) in [7, 11) is 1.57. The third-order valence-electron chi connectivity index (χ3n) is 3.91. The quantitative estimate of drug-likeness (QED) is 0.436. The molecule has 0 aromatic heterocycles. The largest absolute Gasteiger partial charge is 0.488 e. The maximum Gasteiger partial charge on any atom is 0.188 e. The Morgan fingerprint density at radius 2 is 1.54 bits per heavy atom. The van der Waals surface area contributed by atoms with Crippen LogP contribution < -0.4 is 9.47 Å². The molecule has 4 nitrogen and oxygen atoms in total. The summed E-state index contributed by atoms with van der Waals surface area (Å²) in [5.41, 5.74) is 3.10. The number of para-hydroxylation sites is 1. The van der Waals surface area contributed by atoms with Crippen molar-refractivity contribution in [1.82, 2.24) is 0 Å². The zero-order valence-electron chi connectivity index (χ0n) is 14.6. The molecule has 3 aromatic carbocycles. The minimum Gasteiger partial charge on any atom is -0.488 e. The zero-order valence-corrected chi connectivity index (χ0v) is 14.6. The van der Waals surface area contributed by atoms with Crippen LogP contribution in [0.25, 0.3) is 11.1 Å². The summed E-state index contributed by atoms with van der Waals surface area (Å²) in [6.45, 7) is 0.539. The highest BCUT2D eigenvalue weighted by Gasteiger charge is 2.16. The number of hydrogen-bond acceptors (Lipinski definition) is 4. The molecule has 0 aliphatic rings. The van der Waals surface area contributed by atoms with Gasteiger partial charge in [0.1, 0.15) is 18.1 Å². The van der Waals surface area contributed by atoms with Crippen molar-refractivity contribution in [2.45, 2.75) is 6.61 Å². The minimum absolute atomic E-state index is 0.125. The Hall–Kier alpha value is -3.11. The second-order valence-electron chi connectivity index (χ2n) is 5.66. The monoisotopic (exact) mass is 348 g/mol. The predicted octanol–water partition coefficient (Wildman–Crippen LogP) is 4.73. The molecule has 4 heteroatoms. The van der Waals surface area contributed by atoms with Gasteiger partial charge >= 0.3 is 0 Å². The van der Waals surface area contributed by atoms with Gasteiger partial charge in [0.05, 0.1) is 0 Å². The van der Waals surface area contributed by atoms with Gasteiger partial charge in [-0.3, -0.25) is 4.79 Å². The van der Waals surface area contributed by atoms with Crippen LogP contribution in [0.15, 0.2) is 72.8 Å². The van der Waals surface area contributed by atoms with Crippen molar-refractivity contribution < 1.29 is 19.0 Å². The Bertz CT molecular complexity index is 859. The maximum absolute atomic E-state index is 11.6. The Labute approximate surface area is 153 Å². The van der Waals surface area contributed by atoms with Gasteiger partial charge in [0.15, 0.2) is 13.1 Å². The average molecular weight is 348 g/mol. The van der Waals surface area contributed by atoms with Gasteiger partial charge in [-0.15, -0.1) is 0 Å². The lowest BCUT2D eigenvalue weighted by molar-refractivity contribution is 0.0515. The van der Waals surface area contributed by atoms with Crippen molar-refractivity contribution in [3.63, 3.8) is 0 Å². The lowest BCUT2D eigenvalue weighted by atomic mass is 9.98. The van der Waals surface area contributed by atoms with Crippen LogP contribution >= 0.6 is 0 Å². The van der Waals surface area contributed by atoms with Gasteiger partial charge in [0, 0.05) is 23.8 Å². The molecular formula is C22H20O4. The molecule has 0 heterocycles. The molecule has 0 saturated carbocycles. The first kappa shape index (κ1) is 17.7. The number of carbonyl (C=O) groups excluding carboxylic acids is 1. The molecule has 3 aromatic rings. The van der Waals surface area contributed by atoms with Gasteiger partial charge in [-0.25, -0.2) is 0 Å². The van der Waals surface area contributed by atoms with Crippen LogP contribution in [0.1, 0.15) is 15.9 Å². The van der Waals surface area contributed by atoms with Gasteiger partial charge in [-0.2, -0.15) is 0 Å². The summed E-state index contributed by atoms with van der Waals surface area (Å²) in [5, 5.41) is 0. The second-order valence-corrected chi connectivity index (χ2v) is 5.66. The smallest absolute Gasteiger partial charge is 0.188 e. The highest BCUT2D eigenvalue weighted by Crippen LogP contribution is 2.38. The molecule has 0 spiro atoms. The van der Waals surface area contributed by atoms with Gasteiger partial charge in [0.2, 0.25) is 0 Å². The fraction of sp³-hybridized carbons (Fsp3) is 0.136. The summed E-state index contributed by atoms with van der Waals surface area (Å²) in [4.78, 5) is 11.6. The van der Waals surface area contributed by atoms with Crippen LogP contribution in [0.3, 0.4) is 0 Å². The van der Waals surface area contributed by atoms with Crippen molar-refractivity contribution in [3.8, 4) is 22.6 Å². The summed E-state index contributed by atoms with van der Waals surface area (Å²) < 4.78 is 16.7. The Morgan fingerprint density at radius 3 is 2.31 bits per heavy atom. The molecule has 26 heavy (non-hydrogen) atoms. The van der Waals surface area contributed by atoms with Crippen LogP contribution in [0.5, 0.6) is 11.5 Å². The van der Waals surface area contributed by atoms with Gasteiger partial charge in [0.25, 0.3) is 0 Å². The highest BCUT2D eigenvalue weighted by atomic mass is 16.7. The van der Waals surface area contributed by atoms with Gasteiger partial charge in [-0.1, -0.05) is 60.7 Å². The van der Waals surface area contributed by atoms with Crippen molar-refractivity contribution >= 4 is 6.29 Å². The highest BCUT2D eigenvalue weighted by molar-refractivity contribution is 5.92. The topological polar surface area (TPSA) is 44.8 Å². The fourth-order valence-electron chi connectivity index (χ4n) is 2.71. The van der Waals surface area contributed by atoms with Crippen LogP contribution in [-0.4, -0.2) is 20.2 Å². The third-order valence-corrected chi connectivity index (χ3v) is 3.91. The normalized spacial score (nSPS) is 10.3. The molecule has 0 saturated heterocycles. The Kier molecular flexibility index (Phi) is 6.01. The molecule has 0 amide bonds. The Morgan fingerprint density at radius 1 is 0.808 bits per heavy atom. The van der Waals surface area contributed by atoms with Gasteiger partial charge in [-0.05, 0) is 17.7 Å². The summed E-state index contributed by atoms with van der Waals surface area (Å²) in [6, 6.07) is 22.9. The molecule has 0 aliphatic heterocycles. The molecule has 0 atom stereocenters. The van der Waals surface area contributed by atoms with E-state index < -0.39 is 0 Å². The standard InChI is InChI=1S/C22H20O4/c1-24-16-26-20-12-6-5-11-19(20)22-18(14-23)10-7-13-21(22)25-15-17-8-3-2-4-9-17/h2-14H,15-16H2,1H3. The number of benzene rings is 3. The van der Waals surface area contributed by atoms with Crippen molar-refractivity contribution in [2.24, 2.45) is 0 Å². The number of aldehydes is 1. The van der Waals surface area contributed by atoms with E-state index >= 15 is 0 Å². The van der Waals surface area contributed by atoms with Crippen molar-refractivity contribution in [1.29, 1.82) is 0 Å². The average Bonchev–Trinajstić information content (AvgIpc) is 2.71. The van der Waals surface area contributed by atoms with E-state index in [4.69, 9.17) is 14.2 Å². The van der Waals surface area contributed by atoms with Crippen LogP contribution in [0.4, 0.5) is 0 Å². The lowest BCUT2D eigenvalue weighted by Crippen LogP contribution is -2.03. The van der Waals surface area contributed by atoms with E-state index in [9.17, 15) is 4.79 Å². The van der Waals surface area contributed by atoms with E-state index in [1.54, 1.807) is 13.2 Å². The molecule has 0 radical (unpaired) electrons. The zero-order chi connectivity index (χ0) is 18.2. The molecular weight excluding hydrogens is 328 g/mol. The molecule has 0 aliphatic carbocycles. The van der Waals surface area contributed by atoms with Crippen LogP contribution in [0, 0.1) is 0 Å². The van der Waals surface area contributed by atoms with E-state index in [0.717, 1.165) is 17.4 Å². The SMILES string of the molecule is COCOc1ccccc1-c1c(C=O)cccc1OCc1ccccc1. The van der Waals surface area contributed by atoms with Crippen molar-refractivity contribution in [3.05, 3.63) is 83.9 Å². The van der Waals surface area contributed by atoms with E-state index in [1.165, 1.54) is 0 Å². The molecule has 0 fully saturated rings. The second kappa shape index (κ2) is 8.83. The van der Waals surface area contributed by atoms with E-state index in [0.29, 0.717) is 29.2 Å². The molecule has 0 unspecified atom stereocenters. The predicted molar refractivity (Wildman–Crippen MR) is 101 cm³/mol. The van der Waals surface area contributed by atoms with Gasteiger partial charge < -0.3 is 14.2 Å². The van der Waals surface area contributed by atoms with E-state index in [2.05, 4.69) is 0 Å². The summed E-state index contributed by atoms with van der Waals surface area (Å²) >= 11 is 0. The molecule has 3 rings (SSSR count). The number of rotatable bonds is 8. The van der Waals surface area contributed by atoms with Crippen LogP contribution in [0.2, 0.25) is 0 Å².